The fraction of sp³-hybridized carbons (Fsp3) is 1.00. The molecule has 53 nitrogen and oxygen atoms in total. The zero-order chi connectivity index (χ0) is 84.9. The van der Waals surface area contributed by atoms with Crippen LogP contribution in [0, 0.1) is 0 Å². The summed E-state index contributed by atoms with van der Waals surface area (Å²) in [5.74, 6) is 0. The molecule has 13 aliphatic rings. The molecule has 0 bridgehead atoms. The van der Waals surface area contributed by atoms with E-state index in [0.717, 1.165) is 0 Å². The van der Waals surface area contributed by atoms with Gasteiger partial charge in [-0.3, -0.25) is 0 Å². The van der Waals surface area contributed by atoms with Crippen LogP contribution in [0.2, 0.25) is 0 Å². The standard InChI is InChI=1S/C65H106O53/c66-1-15-28(70)49(91)63(105-15)117-51-26(116-54-40(82)27(69)14(68)3-95-54)13-104-65(52(51)118-64-50(92)29(71)16(2-67)106-64)115-25-12-103-62(48(90)38(25)80)114-24-11-102-61(47(89)37(24)79)113-23-10-101-60(46(88)36(23)78)112-22-9-100-59(45(87)35(22)77)111-21-8-99-58(44(86)34(21)76)110-20-7-98-57(43(85)33(20)75)109-19-6-97-56(42(84)32(19)74)108-18-5-96-55(41(83)31(18)73)107-17-4-94-53(93)39(81)30(17)72/h14-93H,1-13H2/t14-,15+,16+,17-,18-,19-,20-,21-,22-,23-,24-,25-,26-,27+,28-,29-,30+,31+,32+,33+,34+,35+,36+,37+,38+,39?,40?,41?,42?,43?,44?,45?,46?,47?,48?,49?,50?,51+,52?,53-,54+,55+,56-,57-,58-,59-,60-,61-,62-,63+,64+,65+/m1/s1. The van der Waals surface area contributed by atoms with E-state index >= 15 is 0 Å². The highest BCUT2D eigenvalue weighted by Crippen LogP contribution is 2.39. The van der Waals surface area contributed by atoms with Gasteiger partial charge in [0.05, 0.1) is 85.9 Å². The average molecular weight is 1740 g/mol. The van der Waals surface area contributed by atoms with Crippen LogP contribution < -0.4 is 0 Å². The Kier molecular flexibility index (Phi) is 32.1. The van der Waals surface area contributed by atoms with E-state index in [9.17, 15) is 143 Å². The van der Waals surface area contributed by atoms with E-state index in [1.54, 1.807) is 0 Å². The minimum Gasteiger partial charge on any atom is -0.394 e. The van der Waals surface area contributed by atoms with Crippen molar-refractivity contribution in [1.29, 1.82) is 0 Å². The predicted molar refractivity (Wildman–Crippen MR) is 349 cm³/mol. The quantitative estimate of drug-likeness (QED) is 0.0382. The topological polar surface area (TPSA) is 797 Å². The third-order valence-corrected chi connectivity index (χ3v) is 22.4. The summed E-state index contributed by atoms with van der Waals surface area (Å²) in [5.41, 5.74) is 0. The van der Waals surface area contributed by atoms with Gasteiger partial charge in [0.25, 0.3) is 0 Å². The van der Waals surface area contributed by atoms with Crippen LogP contribution in [-0.2, 0) is 118 Å². The Bertz CT molecular complexity index is 3070. The van der Waals surface area contributed by atoms with Gasteiger partial charge in [0.15, 0.2) is 81.8 Å². The van der Waals surface area contributed by atoms with Crippen LogP contribution in [0.25, 0.3) is 0 Å². The van der Waals surface area contributed by atoms with Crippen LogP contribution >= 0.6 is 0 Å². The fourth-order valence-electron chi connectivity index (χ4n) is 15.1. The van der Waals surface area contributed by atoms with Gasteiger partial charge in [-0.25, -0.2) is 0 Å². The SMILES string of the molecule is OC[C@@H]1O[C@@H](OC2[C@H](O[C@@H]3CO[C@H](O[C@@H]4CO[C@H](O[C@@H]5CO[C@H](O[C@@H]6CO[C@H](O[C@@H]7CO[C@H](O[C@@H]8CO[C@H](O[C@@H]9CO[C@H](O[C@@H]%10CO[C@@H](O[C@@H]%11CO[C@@H](O)C(O)[C@H]%11O)C(O)[C@H]%10O)C(O)[C@H]9O)C(O)[C@H]8O)C(O)[C@H]7O)C(O)[C@H]6O)C(O)[C@H]5O)C(O)[C@H]4O)C(O)[C@H]3O)OC[C@@H](O[C@@H]3OC[C@@H](O)[C@H](O)C3O)[C@@H]2O[C@@H]2O[C@@H](CO)[C@@H](O)C2O)C(O)[C@@H]1O. The second-order valence-corrected chi connectivity index (χ2v) is 30.5. The van der Waals surface area contributed by atoms with Gasteiger partial charge in [0.1, 0.15) is 238 Å². The minimum absolute atomic E-state index is 0.412. The zero-order valence-electron chi connectivity index (χ0n) is 61.9. The summed E-state index contributed by atoms with van der Waals surface area (Å²) in [5, 5.41) is 302. The van der Waals surface area contributed by atoms with Crippen molar-refractivity contribution in [3.8, 4) is 0 Å². The first-order valence-electron chi connectivity index (χ1n) is 38.0. The van der Waals surface area contributed by atoms with Crippen LogP contribution in [0.4, 0.5) is 0 Å². The van der Waals surface area contributed by atoms with E-state index in [1.165, 1.54) is 0 Å². The van der Waals surface area contributed by atoms with Gasteiger partial charge in [-0.1, -0.05) is 0 Å². The van der Waals surface area contributed by atoms with E-state index < -0.39 is 406 Å². The molecular formula is C65H106O53. The largest absolute Gasteiger partial charge is 0.394 e. The molecule has 13 fully saturated rings. The van der Waals surface area contributed by atoms with Crippen molar-refractivity contribution in [1.82, 2.24) is 0 Å². The molecule has 53 heteroatoms. The van der Waals surface area contributed by atoms with Gasteiger partial charge in [-0.05, 0) is 0 Å². The lowest BCUT2D eigenvalue weighted by Crippen LogP contribution is -2.64. The highest BCUT2D eigenvalue weighted by molar-refractivity contribution is 5.00. The van der Waals surface area contributed by atoms with Crippen LogP contribution in [0.5, 0.6) is 0 Å². The Morgan fingerprint density at radius 2 is 0.364 bits per heavy atom. The van der Waals surface area contributed by atoms with Gasteiger partial charge in [0, 0.05) is 0 Å². The van der Waals surface area contributed by atoms with Crippen molar-refractivity contribution in [2.45, 2.75) is 320 Å². The molecule has 0 aromatic heterocycles. The summed E-state index contributed by atoms with van der Waals surface area (Å²) in [4.78, 5) is 0. The Morgan fingerprint density at radius 3 is 0.627 bits per heavy atom. The maximum Gasteiger partial charge on any atom is 0.187 e. The molecule has 13 aliphatic heterocycles. The summed E-state index contributed by atoms with van der Waals surface area (Å²) in [7, 11) is 0. The lowest BCUT2D eigenvalue weighted by atomic mass is 10.0. The van der Waals surface area contributed by atoms with E-state index in [4.69, 9.17) is 118 Å². The Balaban J connectivity index is 0.530. The number of hydrogen-bond donors (Lipinski definition) is 28. The van der Waals surface area contributed by atoms with Crippen molar-refractivity contribution in [2.75, 3.05) is 85.9 Å². The van der Waals surface area contributed by atoms with Crippen molar-refractivity contribution < 1.29 is 261 Å². The van der Waals surface area contributed by atoms with Gasteiger partial charge in [-0.15, -0.1) is 0 Å². The number of ether oxygens (including phenoxy) is 25. The molecule has 0 saturated carbocycles. The number of aliphatic hydroxyl groups is 28. The highest BCUT2D eigenvalue weighted by atomic mass is 16.8. The van der Waals surface area contributed by atoms with Gasteiger partial charge >= 0.3 is 0 Å². The van der Waals surface area contributed by atoms with Gasteiger partial charge in [0.2, 0.25) is 0 Å². The lowest BCUT2D eigenvalue weighted by molar-refractivity contribution is -0.384. The summed E-state index contributed by atoms with van der Waals surface area (Å²) in [6.07, 6.45) is -91.2. The first-order valence-corrected chi connectivity index (χ1v) is 38.0. The molecule has 52 atom stereocenters. The Hall–Kier alpha value is -2.12. The Morgan fingerprint density at radius 1 is 0.169 bits per heavy atom. The molecule has 684 valence electrons. The summed E-state index contributed by atoms with van der Waals surface area (Å²) >= 11 is 0. The van der Waals surface area contributed by atoms with Crippen molar-refractivity contribution in [3.05, 3.63) is 0 Å². The van der Waals surface area contributed by atoms with E-state index in [1.807, 2.05) is 0 Å². The minimum atomic E-state index is -2.08. The molecule has 0 radical (unpaired) electrons. The lowest BCUT2D eigenvalue weighted by Gasteiger charge is -2.47. The maximum atomic E-state index is 11.6. The van der Waals surface area contributed by atoms with Crippen LogP contribution in [0.15, 0.2) is 0 Å². The van der Waals surface area contributed by atoms with E-state index in [2.05, 4.69) is 0 Å². The first kappa shape index (κ1) is 93.5. The van der Waals surface area contributed by atoms with E-state index in [0.29, 0.717) is 0 Å². The van der Waals surface area contributed by atoms with Crippen LogP contribution in [0.1, 0.15) is 0 Å². The summed E-state index contributed by atoms with van der Waals surface area (Å²) in [6, 6.07) is 0. The van der Waals surface area contributed by atoms with E-state index in [-0.39, 0.29) is 0 Å². The molecule has 13 saturated heterocycles. The van der Waals surface area contributed by atoms with Gasteiger partial charge < -0.3 is 261 Å². The molecule has 0 aliphatic carbocycles. The number of hydrogen-bond acceptors (Lipinski definition) is 53. The number of aliphatic hydroxyl groups excluding tert-OH is 28. The second kappa shape index (κ2) is 40.5. The van der Waals surface area contributed by atoms with Crippen LogP contribution in [0.3, 0.4) is 0 Å². The molecule has 13 heterocycles. The normalized spacial score (nSPS) is 54.6. The third kappa shape index (κ3) is 20.1. The second-order valence-electron chi connectivity index (χ2n) is 30.5. The predicted octanol–water partition coefficient (Wildman–Crippen LogP) is -21.0. The number of rotatable bonds is 26. The Labute approximate surface area is 665 Å². The summed E-state index contributed by atoms with van der Waals surface area (Å²) < 4.78 is 142. The molecular weight excluding hydrogens is 1630 g/mol. The highest BCUT2D eigenvalue weighted by Gasteiger charge is 2.59. The third-order valence-electron chi connectivity index (χ3n) is 22.4. The molecule has 0 aromatic rings. The average Bonchev–Trinajstić information content (AvgIpc) is 1.06. The molecule has 0 spiro atoms. The smallest absolute Gasteiger partial charge is 0.187 e. The fourth-order valence-corrected chi connectivity index (χ4v) is 15.1. The molecule has 118 heavy (non-hydrogen) atoms. The zero-order valence-corrected chi connectivity index (χ0v) is 61.9. The monoisotopic (exact) mass is 1730 g/mol. The van der Waals surface area contributed by atoms with Crippen molar-refractivity contribution >= 4 is 0 Å². The molecule has 13 unspecified atom stereocenters. The first-order chi connectivity index (χ1) is 56.2. The van der Waals surface area contributed by atoms with Gasteiger partial charge in [-0.2, -0.15) is 0 Å². The molecule has 13 rings (SSSR count). The molecule has 28 N–H and O–H groups in total. The summed E-state index contributed by atoms with van der Waals surface area (Å²) in [6.45, 7) is -8.08. The molecule has 0 amide bonds. The van der Waals surface area contributed by atoms with Crippen LogP contribution in [-0.4, -0.2) is 549 Å². The molecule has 0 aromatic carbocycles. The van der Waals surface area contributed by atoms with Crippen molar-refractivity contribution in [2.24, 2.45) is 0 Å². The maximum absolute atomic E-state index is 11.6. The van der Waals surface area contributed by atoms with Crippen molar-refractivity contribution in [3.63, 3.8) is 0 Å².